The van der Waals surface area contributed by atoms with E-state index in [9.17, 15) is 15.3 Å². The van der Waals surface area contributed by atoms with Gasteiger partial charge in [0.25, 0.3) is 0 Å². The van der Waals surface area contributed by atoms with Crippen molar-refractivity contribution in [3.63, 3.8) is 0 Å². The first-order valence-corrected chi connectivity index (χ1v) is 13.3. The van der Waals surface area contributed by atoms with Gasteiger partial charge in [-0.1, -0.05) is 32.0 Å². The Kier molecular flexibility index (Phi) is 5.32. The van der Waals surface area contributed by atoms with E-state index in [2.05, 4.69) is 49.1 Å². The number of anilines is 3. The maximum absolute atomic E-state index is 13.4. The molecule has 0 spiro atoms. The summed E-state index contributed by atoms with van der Waals surface area (Å²) in [6.07, 6.45) is 0. The Morgan fingerprint density at radius 1 is 0.634 bits per heavy atom. The van der Waals surface area contributed by atoms with Gasteiger partial charge in [0.05, 0.1) is 34.0 Å². The molecule has 41 heavy (non-hydrogen) atoms. The van der Waals surface area contributed by atoms with Crippen LogP contribution in [-0.2, 0) is 5.41 Å². The summed E-state index contributed by atoms with van der Waals surface area (Å²) < 4.78 is 6.20. The topological polar surface area (TPSA) is 81.0 Å². The summed E-state index contributed by atoms with van der Waals surface area (Å²) >= 11 is 0. The van der Waals surface area contributed by atoms with Crippen molar-refractivity contribution >= 4 is 39.0 Å². The second kappa shape index (κ2) is 8.95. The van der Waals surface area contributed by atoms with E-state index in [1.54, 1.807) is 30.3 Å². The lowest BCUT2D eigenvalue weighted by Gasteiger charge is -2.28. The van der Waals surface area contributed by atoms with E-state index >= 15 is 0 Å². The molecule has 0 radical (unpaired) electrons. The molecule has 0 N–H and O–H groups in total. The third-order valence-corrected chi connectivity index (χ3v) is 8.12. The highest BCUT2D eigenvalue weighted by Crippen LogP contribution is 2.51. The van der Waals surface area contributed by atoms with E-state index in [-0.39, 0.29) is 10.8 Å². The number of fused-ring (bicyclic) bond motifs is 5. The molecule has 7 rings (SSSR count). The first-order valence-electron chi connectivity index (χ1n) is 13.3. The zero-order valence-electron chi connectivity index (χ0n) is 22.5. The third-order valence-electron chi connectivity index (χ3n) is 8.12. The van der Waals surface area contributed by atoms with Crippen LogP contribution in [0.25, 0.3) is 33.1 Å². The molecule has 0 saturated heterocycles. The van der Waals surface area contributed by atoms with Crippen LogP contribution in [0.15, 0.2) is 112 Å². The first kappa shape index (κ1) is 24.4. The number of nitriles is 2. The average Bonchev–Trinajstić information content (AvgIpc) is 3.22. The number of hydrogen-bond donors (Lipinski definition) is 0. The van der Waals surface area contributed by atoms with Gasteiger partial charge in [-0.25, -0.2) is 0 Å². The lowest BCUT2D eigenvalue weighted by Crippen LogP contribution is -2.17. The van der Waals surface area contributed by atoms with Gasteiger partial charge >= 0.3 is 0 Å². The minimum Gasteiger partial charge on any atom is -0.456 e. The minimum absolute atomic E-state index is 0.0232. The van der Waals surface area contributed by atoms with Crippen LogP contribution in [0.2, 0.25) is 0 Å². The van der Waals surface area contributed by atoms with Crippen LogP contribution in [0.5, 0.6) is 0 Å². The van der Waals surface area contributed by atoms with Crippen molar-refractivity contribution in [3.8, 4) is 23.3 Å². The molecule has 0 fully saturated rings. The summed E-state index contributed by atoms with van der Waals surface area (Å²) in [4.78, 5) is 15.5. The summed E-state index contributed by atoms with van der Waals surface area (Å²) in [5, 5.41) is 19.8. The summed E-state index contributed by atoms with van der Waals surface area (Å²) in [5.74, 6) is 0. The Bertz CT molecular complexity index is 2100. The molecular weight excluding hydrogens is 506 g/mol. The molecule has 5 heteroatoms. The normalized spacial score (nSPS) is 12.9. The van der Waals surface area contributed by atoms with Gasteiger partial charge < -0.3 is 9.32 Å². The lowest BCUT2D eigenvalue weighted by atomic mass is 9.82. The monoisotopic (exact) mass is 529 g/mol. The molecule has 0 saturated carbocycles. The van der Waals surface area contributed by atoms with E-state index in [4.69, 9.17) is 4.42 Å². The van der Waals surface area contributed by atoms with E-state index in [0.29, 0.717) is 33.1 Å². The Hall–Kier alpha value is -5.65. The number of hydrogen-bond acceptors (Lipinski definition) is 5. The highest BCUT2D eigenvalue weighted by Gasteiger charge is 2.37. The highest BCUT2D eigenvalue weighted by atomic mass is 16.3. The summed E-state index contributed by atoms with van der Waals surface area (Å²) in [5.41, 5.74) is 9.08. The fourth-order valence-electron chi connectivity index (χ4n) is 5.97. The molecule has 1 heterocycles. The molecular formula is C36H23N3O2. The van der Waals surface area contributed by atoms with Crippen LogP contribution in [0, 0.1) is 22.7 Å². The van der Waals surface area contributed by atoms with Gasteiger partial charge in [-0.05, 0) is 107 Å². The summed E-state index contributed by atoms with van der Waals surface area (Å²) in [6.45, 7) is 4.37. The second-order valence-electron chi connectivity index (χ2n) is 10.8. The van der Waals surface area contributed by atoms with E-state index < -0.39 is 0 Å². The van der Waals surface area contributed by atoms with E-state index in [1.165, 1.54) is 0 Å². The quantitative estimate of drug-likeness (QED) is 0.215. The van der Waals surface area contributed by atoms with Crippen molar-refractivity contribution in [3.05, 3.63) is 136 Å². The lowest BCUT2D eigenvalue weighted by molar-refractivity contribution is 0.652. The van der Waals surface area contributed by atoms with Crippen molar-refractivity contribution in [1.82, 2.24) is 0 Å². The van der Waals surface area contributed by atoms with Gasteiger partial charge in [0.15, 0.2) is 0 Å². The van der Waals surface area contributed by atoms with Gasteiger partial charge in [0.1, 0.15) is 11.2 Å². The molecule has 5 aromatic carbocycles. The highest BCUT2D eigenvalue weighted by molar-refractivity contribution is 5.96. The molecule has 0 bridgehead atoms. The number of benzene rings is 5. The van der Waals surface area contributed by atoms with Gasteiger partial charge in [-0.15, -0.1) is 0 Å². The van der Waals surface area contributed by atoms with Crippen LogP contribution < -0.4 is 10.3 Å². The van der Waals surface area contributed by atoms with Gasteiger partial charge in [-0.3, -0.25) is 4.79 Å². The largest absolute Gasteiger partial charge is 0.456 e. The van der Waals surface area contributed by atoms with Crippen molar-refractivity contribution < 1.29 is 4.42 Å². The summed E-state index contributed by atoms with van der Waals surface area (Å²) in [6, 6.07) is 37.1. The van der Waals surface area contributed by atoms with Crippen LogP contribution in [0.1, 0.15) is 36.1 Å². The zero-order chi connectivity index (χ0) is 28.3. The maximum Gasteiger partial charge on any atom is 0.200 e. The fraction of sp³-hybridized carbons (Fsp3) is 0.0833. The molecule has 6 aromatic rings. The zero-order valence-corrected chi connectivity index (χ0v) is 22.5. The van der Waals surface area contributed by atoms with Gasteiger partial charge in [0, 0.05) is 22.5 Å². The molecule has 1 aliphatic carbocycles. The first-order chi connectivity index (χ1) is 19.9. The van der Waals surface area contributed by atoms with Gasteiger partial charge in [-0.2, -0.15) is 10.5 Å². The Morgan fingerprint density at radius 2 is 1.22 bits per heavy atom. The van der Waals surface area contributed by atoms with Crippen molar-refractivity contribution in [2.45, 2.75) is 19.3 Å². The van der Waals surface area contributed by atoms with Crippen LogP contribution >= 0.6 is 0 Å². The van der Waals surface area contributed by atoms with E-state index in [0.717, 1.165) is 39.3 Å². The predicted octanol–water partition coefficient (Wildman–Crippen LogP) is 8.47. The molecule has 1 aliphatic rings. The number of para-hydroxylation sites is 1. The second-order valence-corrected chi connectivity index (χ2v) is 10.8. The van der Waals surface area contributed by atoms with Crippen LogP contribution in [0.3, 0.4) is 0 Å². The van der Waals surface area contributed by atoms with Crippen LogP contribution in [-0.4, -0.2) is 0 Å². The molecule has 0 atom stereocenters. The van der Waals surface area contributed by atoms with Gasteiger partial charge in [0.2, 0.25) is 5.43 Å². The smallest absolute Gasteiger partial charge is 0.200 e. The Morgan fingerprint density at radius 3 is 1.85 bits per heavy atom. The standard InChI is InChI=1S/C36H23N3O2/c1-36(2)31-17-26(39(24-11-7-22(20-37)8-12-24)25-13-9-23(21-38)10-14-25)15-16-27(31)29-19-34-30(18-32(29)36)35(40)28-5-3-4-6-33(28)41-34/h3-19H,1-2H3. The molecule has 1 aromatic heterocycles. The molecule has 0 unspecified atom stereocenters. The van der Waals surface area contributed by atoms with Crippen molar-refractivity contribution in [1.29, 1.82) is 10.5 Å². The molecule has 0 aliphatic heterocycles. The van der Waals surface area contributed by atoms with E-state index in [1.807, 2.05) is 54.6 Å². The fourth-order valence-corrected chi connectivity index (χ4v) is 5.97. The Labute approximate surface area is 236 Å². The van der Waals surface area contributed by atoms with Crippen molar-refractivity contribution in [2.24, 2.45) is 0 Å². The average molecular weight is 530 g/mol. The predicted molar refractivity (Wildman–Crippen MR) is 162 cm³/mol. The maximum atomic E-state index is 13.4. The summed E-state index contributed by atoms with van der Waals surface area (Å²) in [7, 11) is 0. The molecule has 194 valence electrons. The SMILES string of the molecule is CC1(C)c2cc(N(c3ccc(C#N)cc3)c3ccc(C#N)cc3)ccc2-c2cc3oc4ccccc4c(=O)c3cc21. The third kappa shape index (κ3) is 3.72. The van der Waals surface area contributed by atoms with Crippen molar-refractivity contribution in [2.75, 3.05) is 4.90 Å². The molecule has 5 nitrogen and oxygen atoms in total. The van der Waals surface area contributed by atoms with Crippen LogP contribution in [0.4, 0.5) is 17.1 Å². The number of nitrogens with zero attached hydrogens (tertiary/aromatic N) is 3. The molecule has 0 amide bonds. The minimum atomic E-state index is -0.367. The Balaban J connectivity index is 1.41. The number of rotatable bonds is 3.